The fraction of sp³-hybridized carbons (Fsp3) is 0.750. The van der Waals surface area contributed by atoms with Crippen molar-refractivity contribution in [2.24, 2.45) is 0 Å². The van der Waals surface area contributed by atoms with E-state index in [4.69, 9.17) is 9.47 Å². The first-order valence-corrected chi connectivity index (χ1v) is 7.17. The van der Waals surface area contributed by atoms with E-state index >= 15 is 0 Å². The average molecular weight is 248 g/mol. The van der Waals surface area contributed by atoms with Crippen molar-refractivity contribution in [3.8, 4) is 11.8 Å². The molecule has 1 atom stereocenters. The molecule has 0 bridgehead atoms. The van der Waals surface area contributed by atoms with Gasteiger partial charge in [0.25, 0.3) is 0 Å². The Balaban J connectivity index is 1.89. The van der Waals surface area contributed by atoms with Crippen molar-refractivity contribution in [3.05, 3.63) is 11.6 Å². The van der Waals surface area contributed by atoms with Gasteiger partial charge in [0.05, 0.1) is 0 Å². The van der Waals surface area contributed by atoms with Gasteiger partial charge in [-0.2, -0.15) is 0 Å². The molecular formula is C16H24O2. The summed E-state index contributed by atoms with van der Waals surface area (Å²) in [5.41, 5.74) is 0.864. The van der Waals surface area contributed by atoms with Gasteiger partial charge in [-0.05, 0) is 64.4 Å². The van der Waals surface area contributed by atoms with E-state index in [9.17, 15) is 0 Å². The summed E-state index contributed by atoms with van der Waals surface area (Å²) >= 11 is 0. The molecule has 0 radical (unpaired) electrons. The average Bonchev–Trinajstić information content (AvgIpc) is 2.38. The molecule has 2 rings (SSSR count). The molecular weight excluding hydrogens is 224 g/mol. The van der Waals surface area contributed by atoms with Gasteiger partial charge in [-0.3, -0.25) is 0 Å². The molecule has 2 aliphatic rings. The topological polar surface area (TPSA) is 18.5 Å². The van der Waals surface area contributed by atoms with Crippen LogP contribution in [0.1, 0.15) is 58.8 Å². The second kappa shape index (κ2) is 6.41. The maximum absolute atomic E-state index is 5.95. The monoisotopic (exact) mass is 248 g/mol. The molecule has 2 heteroatoms. The van der Waals surface area contributed by atoms with E-state index < -0.39 is 5.60 Å². The molecule has 18 heavy (non-hydrogen) atoms. The van der Waals surface area contributed by atoms with Gasteiger partial charge >= 0.3 is 0 Å². The summed E-state index contributed by atoms with van der Waals surface area (Å²) in [5.74, 6) is 6.54. The van der Waals surface area contributed by atoms with Crippen LogP contribution >= 0.6 is 0 Å². The van der Waals surface area contributed by atoms with Crippen LogP contribution in [-0.4, -0.2) is 18.5 Å². The Kier molecular flexibility index (Phi) is 4.86. The second-order valence-corrected chi connectivity index (χ2v) is 5.65. The first-order valence-electron chi connectivity index (χ1n) is 7.17. The Morgan fingerprint density at radius 3 is 2.83 bits per heavy atom. The first-order chi connectivity index (χ1) is 8.66. The van der Waals surface area contributed by atoms with Crippen LogP contribution in [0.4, 0.5) is 0 Å². The third-order valence-corrected chi connectivity index (χ3v) is 3.38. The number of rotatable bonds is 2. The number of ether oxygens (including phenoxy) is 2. The third kappa shape index (κ3) is 4.48. The Bertz CT molecular complexity index is 351. The molecule has 0 aromatic carbocycles. The van der Waals surface area contributed by atoms with E-state index in [2.05, 4.69) is 17.9 Å². The van der Waals surface area contributed by atoms with Gasteiger partial charge in [-0.15, -0.1) is 0 Å². The largest absolute Gasteiger partial charge is 0.353 e. The van der Waals surface area contributed by atoms with Gasteiger partial charge in [0.2, 0.25) is 0 Å². The highest BCUT2D eigenvalue weighted by Crippen LogP contribution is 2.21. The van der Waals surface area contributed by atoms with Crippen molar-refractivity contribution in [1.82, 2.24) is 0 Å². The standard InChI is InChI=1S/C16H24O2/c1-16(2,18-15-10-6-7-13-17-15)12-11-14-8-4-3-5-9-14/h8,15H,3-7,9-10,13H2,1-2H3. The van der Waals surface area contributed by atoms with Gasteiger partial charge in [-0.25, -0.2) is 0 Å². The van der Waals surface area contributed by atoms with Gasteiger partial charge in [-0.1, -0.05) is 17.9 Å². The van der Waals surface area contributed by atoms with Crippen molar-refractivity contribution in [2.75, 3.05) is 6.61 Å². The lowest BCUT2D eigenvalue weighted by Crippen LogP contribution is -2.33. The lowest BCUT2D eigenvalue weighted by Gasteiger charge is -2.29. The summed E-state index contributed by atoms with van der Waals surface area (Å²) in [6, 6.07) is 0. The lowest BCUT2D eigenvalue weighted by molar-refractivity contribution is -0.199. The quantitative estimate of drug-likeness (QED) is 0.692. The smallest absolute Gasteiger partial charge is 0.159 e. The fourth-order valence-corrected chi connectivity index (χ4v) is 2.34. The summed E-state index contributed by atoms with van der Waals surface area (Å²) < 4.78 is 11.5. The van der Waals surface area contributed by atoms with Crippen LogP contribution in [0.3, 0.4) is 0 Å². The predicted molar refractivity (Wildman–Crippen MR) is 73.1 cm³/mol. The number of allylic oxidation sites excluding steroid dienone is 2. The SMILES string of the molecule is CC(C)(C#CC1=CCCCC1)OC1CCCCO1. The summed E-state index contributed by atoms with van der Waals surface area (Å²) in [4.78, 5) is 0. The zero-order valence-electron chi connectivity index (χ0n) is 11.6. The molecule has 1 aliphatic carbocycles. The highest BCUT2D eigenvalue weighted by molar-refractivity contribution is 5.32. The molecule has 0 amide bonds. The maximum atomic E-state index is 5.95. The summed E-state index contributed by atoms with van der Waals surface area (Å²) in [6.45, 7) is 4.88. The van der Waals surface area contributed by atoms with Gasteiger partial charge < -0.3 is 9.47 Å². The van der Waals surface area contributed by atoms with Gasteiger partial charge in [0, 0.05) is 6.61 Å². The Hall–Kier alpha value is -0.780. The molecule has 0 saturated carbocycles. The predicted octanol–water partition coefficient (Wildman–Crippen LogP) is 3.81. The van der Waals surface area contributed by atoms with Crippen LogP contribution in [-0.2, 0) is 9.47 Å². The number of hydrogen-bond donors (Lipinski definition) is 0. The summed E-state index contributed by atoms with van der Waals surface area (Å²) in [7, 11) is 0. The van der Waals surface area contributed by atoms with Crippen molar-refractivity contribution in [3.63, 3.8) is 0 Å². The highest BCUT2D eigenvalue weighted by Gasteiger charge is 2.23. The Labute approximate surface area is 111 Å². The molecule has 100 valence electrons. The van der Waals surface area contributed by atoms with E-state index in [0.717, 1.165) is 25.9 Å². The molecule has 1 saturated heterocycles. The minimum atomic E-state index is -0.416. The van der Waals surface area contributed by atoms with E-state index in [0.29, 0.717) is 0 Å². The van der Waals surface area contributed by atoms with Crippen LogP contribution in [0.15, 0.2) is 11.6 Å². The molecule has 0 aromatic rings. The Morgan fingerprint density at radius 2 is 2.17 bits per heavy atom. The first kappa shape index (κ1) is 13.6. The molecule has 1 heterocycles. The molecule has 1 unspecified atom stereocenters. The van der Waals surface area contributed by atoms with Crippen molar-refractivity contribution >= 4 is 0 Å². The van der Waals surface area contributed by atoms with E-state index in [-0.39, 0.29) is 6.29 Å². The molecule has 1 aliphatic heterocycles. The van der Waals surface area contributed by atoms with Crippen LogP contribution in [0.5, 0.6) is 0 Å². The van der Waals surface area contributed by atoms with Crippen molar-refractivity contribution < 1.29 is 9.47 Å². The Morgan fingerprint density at radius 1 is 1.28 bits per heavy atom. The van der Waals surface area contributed by atoms with Crippen molar-refractivity contribution in [2.45, 2.75) is 70.7 Å². The van der Waals surface area contributed by atoms with Crippen LogP contribution in [0.25, 0.3) is 0 Å². The van der Waals surface area contributed by atoms with E-state index in [1.54, 1.807) is 0 Å². The molecule has 0 spiro atoms. The highest BCUT2D eigenvalue weighted by atomic mass is 16.7. The van der Waals surface area contributed by atoms with Crippen LogP contribution in [0, 0.1) is 11.8 Å². The normalized spacial score (nSPS) is 25.0. The maximum Gasteiger partial charge on any atom is 0.159 e. The second-order valence-electron chi connectivity index (χ2n) is 5.65. The van der Waals surface area contributed by atoms with Crippen LogP contribution < -0.4 is 0 Å². The van der Waals surface area contributed by atoms with E-state index in [1.165, 1.54) is 31.3 Å². The lowest BCUT2D eigenvalue weighted by atomic mass is 9.99. The van der Waals surface area contributed by atoms with Crippen LogP contribution in [0.2, 0.25) is 0 Å². The van der Waals surface area contributed by atoms with Gasteiger partial charge in [0.15, 0.2) is 6.29 Å². The van der Waals surface area contributed by atoms with Crippen molar-refractivity contribution in [1.29, 1.82) is 0 Å². The molecule has 1 fully saturated rings. The van der Waals surface area contributed by atoms with E-state index in [1.807, 2.05) is 13.8 Å². The minimum absolute atomic E-state index is 0.0663. The molecule has 2 nitrogen and oxygen atoms in total. The summed E-state index contributed by atoms with van der Waals surface area (Å²) in [6.07, 6.45) is 10.4. The fourth-order valence-electron chi connectivity index (χ4n) is 2.34. The summed E-state index contributed by atoms with van der Waals surface area (Å²) in [5, 5.41) is 0. The van der Waals surface area contributed by atoms with Gasteiger partial charge in [0.1, 0.15) is 5.60 Å². The minimum Gasteiger partial charge on any atom is -0.353 e. The zero-order valence-corrected chi connectivity index (χ0v) is 11.6. The number of hydrogen-bond acceptors (Lipinski definition) is 2. The third-order valence-electron chi connectivity index (χ3n) is 3.38. The molecule has 0 aromatic heterocycles. The zero-order chi connectivity index (χ0) is 12.8. The molecule has 0 N–H and O–H groups in total.